The highest BCUT2D eigenvalue weighted by Crippen LogP contribution is 2.26. The monoisotopic (exact) mass is 241 g/mol. The Morgan fingerprint density at radius 2 is 2.00 bits per heavy atom. The molecule has 0 aliphatic rings. The van der Waals surface area contributed by atoms with Gasteiger partial charge in [0.1, 0.15) is 0 Å². The molecule has 1 rings (SSSR count). The molecule has 0 aliphatic carbocycles. The third kappa shape index (κ3) is 2.32. The third-order valence-corrected chi connectivity index (χ3v) is 3.32. The number of benzene rings is 1. The Morgan fingerprint density at radius 1 is 1.38 bits per heavy atom. The van der Waals surface area contributed by atoms with E-state index in [9.17, 15) is 0 Å². The van der Waals surface area contributed by atoms with E-state index >= 15 is 0 Å². The Kier molecular flexibility index (Phi) is 3.14. The quantitative estimate of drug-likeness (QED) is 0.847. The van der Waals surface area contributed by atoms with E-state index in [0.29, 0.717) is 6.54 Å². The van der Waals surface area contributed by atoms with E-state index in [0.717, 1.165) is 4.47 Å². The molecule has 0 atom stereocenters. The zero-order valence-electron chi connectivity index (χ0n) is 8.39. The van der Waals surface area contributed by atoms with Gasteiger partial charge < -0.3 is 5.73 Å². The summed E-state index contributed by atoms with van der Waals surface area (Å²) in [7, 11) is 0. The molecule has 72 valence electrons. The van der Waals surface area contributed by atoms with Crippen LogP contribution < -0.4 is 5.73 Å². The normalized spacial score (nSPS) is 11.8. The molecule has 0 saturated heterocycles. The molecule has 0 unspecified atom stereocenters. The van der Waals surface area contributed by atoms with Crippen LogP contribution in [0.3, 0.4) is 0 Å². The Labute approximate surface area is 88.5 Å². The van der Waals surface area contributed by atoms with Gasteiger partial charge in [-0.2, -0.15) is 0 Å². The molecule has 0 fully saturated rings. The van der Waals surface area contributed by atoms with Crippen LogP contribution in [0.1, 0.15) is 25.0 Å². The number of hydrogen-bond acceptors (Lipinski definition) is 1. The van der Waals surface area contributed by atoms with Gasteiger partial charge in [-0.1, -0.05) is 41.9 Å². The minimum absolute atomic E-state index is 0.0657. The maximum atomic E-state index is 5.71. The molecule has 0 aromatic heterocycles. The van der Waals surface area contributed by atoms with Crippen molar-refractivity contribution in [3.05, 3.63) is 33.8 Å². The Balaban J connectivity index is 3.10. The standard InChI is InChI=1S/C11H16BrN/c1-8-4-5-9(6-10(8)12)11(2,3)7-13/h4-6H,7,13H2,1-3H3. The van der Waals surface area contributed by atoms with Gasteiger partial charge in [0.15, 0.2) is 0 Å². The lowest BCUT2D eigenvalue weighted by molar-refractivity contribution is 0.538. The number of hydrogen-bond donors (Lipinski definition) is 1. The maximum absolute atomic E-state index is 5.71. The van der Waals surface area contributed by atoms with E-state index in [2.05, 4.69) is 54.9 Å². The number of halogens is 1. The summed E-state index contributed by atoms with van der Waals surface area (Å²) in [5, 5.41) is 0. The molecule has 0 radical (unpaired) electrons. The molecule has 2 N–H and O–H groups in total. The summed E-state index contributed by atoms with van der Waals surface area (Å²) in [5.74, 6) is 0. The van der Waals surface area contributed by atoms with E-state index in [4.69, 9.17) is 5.73 Å². The highest BCUT2D eigenvalue weighted by molar-refractivity contribution is 9.10. The van der Waals surface area contributed by atoms with Crippen molar-refractivity contribution in [3.63, 3.8) is 0 Å². The summed E-state index contributed by atoms with van der Waals surface area (Å²) >= 11 is 3.53. The van der Waals surface area contributed by atoms with Crippen LogP contribution in [0, 0.1) is 6.92 Å². The Hall–Kier alpha value is -0.340. The molecule has 0 bridgehead atoms. The predicted octanol–water partition coefficient (Wildman–Crippen LogP) is 2.99. The largest absolute Gasteiger partial charge is 0.330 e. The van der Waals surface area contributed by atoms with Crippen LogP contribution in [-0.2, 0) is 5.41 Å². The number of nitrogens with two attached hydrogens (primary N) is 1. The van der Waals surface area contributed by atoms with E-state index in [1.54, 1.807) is 0 Å². The lowest BCUT2D eigenvalue weighted by Gasteiger charge is -2.23. The van der Waals surface area contributed by atoms with Crippen LogP contribution >= 0.6 is 15.9 Å². The summed E-state index contributed by atoms with van der Waals surface area (Å²) in [6.07, 6.45) is 0. The minimum Gasteiger partial charge on any atom is -0.330 e. The van der Waals surface area contributed by atoms with Gasteiger partial charge in [0.25, 0.3) is 0 Å². The molecular formula is C11H16BrN. The molecule has 1 aromatic rings. The molecule has 0 spiro atoms. The lowest BCUT2D eigenvalue weighted by atomic mass is 9.84. The van der Waals surface area contributed by atoms with Crippen molar-refractivity contribution in [2.24, 2.45) is 5.73 Å². The van der Waals surface area contributed by atoms with Gasteiger partial charge in [-0.3, -0.25) is 0 Å². The van der Waals surface area contributed by atoms with Crippen LogP contribution in [0.15, 0.2) is 22.7 Å². The molecule has 0 aliphatic heterocycles. The first kappa shape index (κ1) is 10.7. The topological polar surface area (TPSA) is 26.0 Å². The second kappa shape index (κ2) is 3.81. The second-order valence-electron chi connectivity index (χ2n) is 4.05. The fraction of sp³-hybridized carbons (Fsp3) is 0.455. The maximum Gasteiger partial charge on any atom is 0.0207 e. The molecule has 2 heteroatoms. The molecule has 1 aromatic carbocycles. The fourth-order valence-electron chi connectivity index (χ4n) is 1.13. The van der Waals surface area contributed by atoms with Gasteiger partial charge >= 0.3 is 0 Å². The van der Waals surface area contributed by atoms with Gasteiger partial charge in [-0.25, -0.2) is 0 Å². The first-order chi connectivity index (χ1) is 5.97. The molecule has 1 nitrogen and oxygen atoms in total. The summed E-state index contributed by atoms with van der Waals surface area (Å²) in [6, 6.07) is 6.42. The van der Waals surface area contributed by atoms with Gasteiger partial charge in [-0.05, 0) is 24.1 Å². The first-order valence-corrected chi connectivity index (χ1v) is 5.23. The number of rotatable bonds is 2. The number of aryl methyl sites for hydroxylation is 1. The van der Waals surface area contributed by atoms with E-state index in [1.807, 2.05) is 0 Å². The van der Waals surface area contributed by atoms with Gasteiger partial charge in [0.2, 0.25) is 0 Å². The predicted molar refractivity (Wildman–Crippen MR) is 61.0 cm³/mol. The first-order valence-electron chi connectivity index (χ1n) is 4.44. The van der Waals surface area contributed by atoms with Crippen LogP contribution in [0.25, 0.3) is 0 Å². The summed E-state index contributed by atoms with van der Waals surface area (Å²) in [4.78, 5) is 0. The SMILES string of the molecule is Cc1ccc(C(C)(C)CN)cc1Br. The Bertz CT molecular complexity index is 305. The van der Waals surface area contributed by atoms with Crippen molar-refractivity contribution in [1.82, 2.24) is 0 Å². The smallest absolute Gasteiger partial charge is 0.0207 e. The summed E-state index contributed by atoms with van der Waals surface area (Å²) < 4.78 is 1.16. The highest BCUT2D eigenvalue weighted by Gasteiger charge is 2.18. The second-order valence-corrected chi connectivity index (χ2v) is 4.91. The van der Waals surface area contributed by atoms with Crippen molar-refractivity contribution in [2.45, 2.75) is 26.2 Å². The molecule has 13 heavy (non-hydrogen) atoms. The van der Waals surface area contributed by atoms with Crippen LogP contribution in [0.2, 0.25) is 0 Å². The van der Waals surface area contributed by atoms with Crippen molar-refractivity contribution in [3.8, 4) is 0 Å². The highest BCUT2D eigenvalue weighted by atomic mass is 79.9. The average molecular weight is 242 g/mol. The molecular weight excluding hydrogens is 226 g/mol. The van der Waals surface area contributed by atoms with Crippen molar-refractivity contribution in [1.29, 1.82) is 0 Å². The van der Waals surface area contributed by atoms with E-state index in [-0.39, 0.29) is 5.41 Å². The van der Waals surface area contributed by atoms with Gasteiger partial charge in [-0.15, -0.1) is 0 Å². The lowest BCUT2D eigenvalue weighted by Crippen LogP contribution is -2.28. The average Bonchev–Trinajstić information content (AvgIpc) is 2.09. The van der Waals surface area contributed by atoms with Crippen LogP contribution in [-0.4, -0.2) is 6.54 Å². The summed E-state index contributed by atoms with van der Waals surface area (Å²) in [5.41, 5.74) is 8.32. The minimum atomic E-state index is 0.0657. The molecule has 0 heterocycles. The van der Waals surface area contributed by atoms with Crippen molar-refractivity contribution >= 4 is 15.9 Å². The summed E-state index contributed by atoms with van der Waals surface area (Å²) in [6.45, 7) is 7.07. The third-order valence-electron chi connectivity index (χ3n) is 2.46. The zero-order valence-corrected chi connectivity index (χ0v) is 9.98. The molecule has 0 amide bonds. The van der Waals surface area contributed by atoms with Crippen molar-refractivity contribution < 1.29 is 0 Å². The van der Waals surface area contributed by atoms with E-state index in [1.165, 1.54) is 11.1 Å². The van der Waals surface area contributed by atoms with Crippen LogP contribution in [0.5, 0.6) is 0 Å². The van der Waals surface area contributed by atoms with Crippen LogP contribution in [0.4, 0.5) is 0 Å². The van der Waals surface area contributed by atoms with Gasteiger partial charge in [0, 0.05) is 16.4 Å². The Morgan fingerprint density at radius 3 is 2.46 bits per heavy atom. The van der Waals surface area contributed by atoms with Crippen molar-refractivity contribution in [2.75, 3.05) is 6.54 Å². The molecule has 0 saturated carbocycles. The fourth-order valence-corrected chi connectivity index (χ4v) is 1.51. The zero-order chi connectivity index (χ0) is 10.1. The van der Waals surface area contributed by atoms with Gasteiger partial charge in [0.05, 0.1) is 0 Å². The van der Waals surface area contributed by atoms with E-state index < -0.39 is 0 Å².